The van der Waals surface area contributed by atoms with E-state index in [1.54, 1.807) is 0 Å². The van der Waals surface area contributed by atoms with Gasteiger partial charge in [0.05, 0.1) is 31.4 Å². The molecule has 0 N–H and O–H groups in total. The van der Waals surface area contributed by atoms with Gasteiger partial charge in [0.15, 0.2) is 0 Å². The fraction of sp³-hybridized carbons (Fsp3) is 0.733. The SMILES string of the molecule is COC(=O)C1CC2(CC(OCc3c(C)noc3C)C2)C1. The molecule has 20 heavy (non-hydrogen) atoms. The van der Waals surface area contributed by atoms with Crippen molar-refractivity contribution >= 4 is 5.97 Å². The lowest BCUT2D eigenvalue weighted by molar-refractivity contribution is -0.174. The Hall–Kier alpha value is -1.36. The molecular weight excluding hydrogens is 258 g/mol. The second kappa shape index (κ2) is 4.88. The minimum atomic E-state index is -0.0595. The van der Waals surface area contributed by atoms with E-state index in [4.69, 9.17) is 14.0 Å². The molecule has 0 unspecified atom stereocenters. The van der Waals surface area contributed by atoms with Crippen LogP contribution in [0.25, 0.3) is 0 Å². The maximum absolute atomic E-state index is 11.4. The van der Waals surface area contributed by atoms with E-state index in [1.807, 2.05) is 13.8 Å². The predicted molar refractivity (Wildman–Crippen MR) is 71.0 cm³/mol. The molecule has 110 valence electrons. The summed E-state index contributed by atoms with van der Waals surface area (Å²) in [7, 11) is 1.46. The highest BCUT2D eigenvalue weighted by molar-refractivity contribution is 5.73. The first-order chi connectivity index (χ1) is 9.53. The van der Waals surface area contributed by atoms with Gasteiger partial charge in [0, 0.05) is 5.56 Å². The largest absolute Gasteiger partial charge is 0.469 e. The summed E-state index contributed by atoms with van der Waals surface area (Å²) in [6, 6.07) is 0. The molecule has 1 aromatic rings. The summed E-state index contributed by atoms with van der Waals surface area (Å²) in [6.07, 6.45) is 4.35. The van der Waals surface area contributed by atoms with Gasteiger partial charge >= 0.3 is 5.97 Å². The number of methoxy groups -OCH3 is 1. The Morgan fingerprint density at radius 1 is 1.35 bits per heavy atom. The van der Waals surface area contributed by atoms with E-state index in [1.165, 1.54) is 7.11 Å². The summed E-state index contributed by atoms with van der Waals surface area (Å²) >= 11 is 0. The second-order valence-corrected chi connectivity index (χ2v) is 6.27. The van der Waals surface area contributed by atoms with Crippen LogP contribution in [0.4, 0.5) is 0 Å². The number of esters is 1. The molecule has 0 saturated heterocycles. The molecule has 0 radical (unpaired) electrons. The zero-order chi connectivity index (χ0) is 14.3. The lowest BCUT2D eigenvalue weighted by atomic mass is 9.50. The first-order valence-corrected chi connectivity index (χ1v) is 7.14. The number of hydrogen-bond donors (Lipinski definition) is 0. The van der Waals surface area contributed by atoms with E-state index in [0.717, 1.165) is 42.7 Å². The Labute approximate surface area is 118 Å². The Bertz CT molecular complexity index is 488. The van der Waals surface area contributed by atoms with Crippen molar-refractivity contribution in [3.63, 3.8) is 0 Å². The third-order valence-electron chi connectivity index (χ3n) is 4.86. The monoisotopic (exact) mass is 279 g/mol. The van der Waals surface area contributed by atoms with Gasteiger partial charge in [-0.3, -0.25) is 4.79 Å². The van der Waals surface area contributed by atoms with Crippen LogP contribution in [-0.2, 0) is 20.9 Å². The number of rotatable bonds is 4. The molecule has 0 aromatic carbocycles. The Kier molecular flexibility index (Phi) is 3.32. The number of nitrogens with zero attached hydrogens (tertiary/aromatic N) is 1. The van der Waals surface area contributed by atoms with Gasteiger partial charge in [-0.25, -0.2) is 0 Å². The minimum absolute atomic E-state index is 0.0595. The van der Waals surface area contributed by atoms with E-state index in [-0.39, 0.29) is 11.9 Å². The molecule has 1 aromatic heterocycles. The molecule has 5 heteroatoms. The summed E-state index contributed by atoms with van der Waals surface area (Å²) in [5.74, 6) is 0.894. The third kappa shape index (κ3) is 2.24. The van der Waals surface area contributed by atoms with Gasteiger partial charge in [-0.05, 0) is 44.9 Å². The Morgan fingerprint density at radius 2 is 2.05 bits per heavy atom. The van der Waals surface area contributed by atoms with Gasteiger partial charge in [0.25, 0.3) is 0 Å². The summed E-state index contributed by atoms with van der Waals surface area (Å²) in [5.41, 5.74) is 2.32. The van der Waals surface area contributed by atoms with Crippen LogP contribution in [0.2, 0.25) is 0 Å². The van der Waals surface area contributed by atoms with Crippen molar-refractivity contribution in [3.05, 3.63) is 17.0 Å². The Morgan fingerprint density at radius 3 is 2.60 bits per heavy atom. The van der Waals surface area contributed by atoms with Crippen LogP contribution in [0.3, 0.4) is 0 Å². The molecule has 0 atom stereocenters. The number of hydrogen-bond acceptors (Lipinski definition) is 5. The normalized spacial score (nSPS) is 31.8. The number of aromatic nitrogens is 1. The average Bonchev–Trinajstić information content (AvgIpc) is 2.65. The summed E-state index contributed by atoms with van der Waals surface area (Å²) in [4.78, 5) is 11.4. The highest BCUT2D eigenvalue weighted by atomic mass is 16.5. The number of ether oxygens (including phenoxy) is 2. The molecule has 2 saturated carbocycles. The van der Waals surface area contributed by atoms with E-state index < -0.39 is 0 Å². The van der Waals surface area contributed by atoms with Crippen LogP contribution < -0.4 is 0 Å². The first-order valence-electron chi connectivity index (χ1n) is 7.14. The molecule has 2 aliphatic rings. The molecule has 1 heterocycles. The van der Waals surface area contributed by atoms with Gasteiger partial charge in [0.2, 0.25) is 0 Å². The molecule has 1 spiro atoms. The van der Waals surface area contributed by atoms with Gasteiger partial charge in [-0.1, -0.05) is 5.16 Å². The lowest BCUT2D eigenvalue weighted by Gasteiger charge is -2.56. The highest BCUT2D eigenvalue weighted by Gasteiger charge is 2.55. The van der Waals surface area contributed by atoms with E-state index >= 15 is 0 Å². The molecule has 5 nitrogen and oxygen atoms in total. The maximum atomic E-state index is 11.4. The Balaban J connectivity index is 1.43. The van der Waals surface area contributed by atoms with Gasteiger partial charge in [0.1, 0.15) is 5.76 Å². The van der Waals surface area contributed by atoms with Crippen molar-refractivity contribution < 1.29 is 18.8 Å². The topological polar surface area (TPSA) is 61.6 Å². The van der Waals surface area contributed by atoms with Crippen LogP contribution in [0.15, 0.2) is 4.52 Å². The van der Waals surface area contributed by atoms with Crippen LogP contribution >= 0.6 is 0 Å². The molecule has 0 aliphatic heterocycles. The smallest absolute Gasteiger partial charge is 0.308 e. The van der Waals surface area contributed by atoms with Crippen molar-refractivity contribution in [2.45, 2.75) is 52.2 Å². The quantitative estimate of drug-likeness (QED) is 0.793. The van der Waals surface area contributed by atoms with Gasteiger partial charge in [-0.2, -0.15) is 0 Å². The molecule has 0 bridgehead atoms. The zero-order valence-electron chi connectivity index (χ0n) is 12.3. The molecule has 2 fully saturated rings. The third-order valence-corrected chi connectivity index (χ3v) is 4.86. The summed E-state index contributed by atoms with van der Waals surface area (Å²) in [6.45, 7) is 4.42. The van der Waals surface area contributed by atoms with Crippen molar-refractivity contribution in [2.24, 2.45) is 11.3 Å². The van der Waals surface area contributed by atoms with Crippen LogP contribution in [0, 0.1) is 25.2 Å². The van der Waals surface area contributed by atoms with Crippen molar-refractivity contribution in [1.82, 2.24) is 5.16 Å². The maximum Gasteiger partial charge on any atom is 0.308 e. The van der Waals surface area contributed by atoms with E-state index in [2.05, 4.69) is 5.16 Å². The molecule has 0 amide bonds. The van der Waals surface area contributed by atoms with E-state index in [9.17, 15) is 4.79 Å². The standard InChI is InChI=1S/C15H21NO4/c1-9-13(10(2)20-16-9)8-19-12-6-15(7-12)4-11(5-15)14(17)18-3/h11-12H,4-8H2,1-3H3. The average molecular weight is 279 g/mol. The van der Waals surface area contributed by atoms with Crippen LogP contribution in [0.5, 0.6) is 0 Å². The van der Waals surface area contributed by atoms with Crippen molar-refractivity contribution in [3.8, 4) is 0 Å². The number of aryl methyl sites for hydroxylation is 2. The van der Waals surface area contributed by atoms with Crippen LogP contribution in [0.1, 0.15) is 42.7 Å². The molecular formula is C15H21NO4. The summed E-state index contributed by atoms with van der Waals surface area (Å²) in [5, 5.41) is 3.93. The number of carbonyl (C=O) groups excluding carboxylic acids is 1. The fourth-order valence-corrected chi connectivity index (χ4v) is 3.59. The lowest BCUT2D eigenvalue weighted by Crippen LogP contribution is -2.52. The fourth-order valence-electron chi connectivity index (χ4n) is 3.59. The number of carbonyl (C=O) groups is 1. The second-order valence-electron chi connectivity index (χ2n) is 6.27. The zero-order valence-corrected chi connectivity index (χ0v) is 12.3. The predicted octanol–water partition coefficient (Wildman–Crippen LogP) is 2.54. The molecule has 2 aliphatic carbocycles. The molecule has 3 rings (SSSR count). The van der Waals surface area contributed by atoms with Gasteiger partial charge in [-0.15, -0.1) is 0 Å². The van der Waals surface area contributed by atoms with E-state index in [0.29, 0.717) is 18.1 Å². The first kappa shape index (κ1) is 13.6. The van der Waals surface area contributed by atoms with Crippen molar-refractivity contribution in [2.75, 3.05) is 7.11 Å². The summed E-state index contributed by atoms with van der Waals surface area (Å²) < 4.78 is 15.8. The van der Waals surface area contributed by atoms with Crippen molar-refractivity contribution in [1.29, 1.82) is 0 Å². The van der Waals surface area contributed by atoms with Gasteiger partial charge < -0.3 is 14.0 Å². The minimum Gasteiger partial charge on any atom is -0.469 e. The highest BCUT2D eigenvalue weighted by Crippen LogP contribution is 2.59. The van der Waals surface area contributed by atoms with Crippen LogP contribution in [-0.4, -0.2) is 24.3 Å².